The van der Waals surface area contributed by atoms with Crippen LogP contribution in [0.3, 0.4) is 0 Å². The first-order chi connectivity index (χ1) is 10.5. The lowest BCUT2D eigenvalue weighted by Crippen LogP contribution is -2.36. The molecule has 2 aromatic rings. The molecule has 3 heteroatoms. The van der Waals surface area contributed by atoms with E-state index in [4.69, 9.17) is 4.74 Å². The quantitative estimate of drug-likeness (QED) is 0.834. The van der Waals surface area contributed by atoms with Crippen LogP contribution in [-0.4, -0.2) is 13.1 Å². The van der Waals surface area contributed by atoms with Crippen LogP contribution in [0.5, 0.6) is 0 Å². The van der Waals surface area contributed by atoms with Crippen LogP contribution in [0.25, 0.3) is 0 Å². The summed E-state index contributed by atoms with van der Waals surface area (Å²) in [6, 6.07) is 17.9. The van der Waals surface area contributed by atoms with E-state index in [9.17, 15) is 4.79 Å². The molecule has 1 unspecified atom stereocenters. The van der Waals surface area contributed by atoms with E-state index >= 15 is 0 Å². The lowest BCUT2D eigenvalue weighted by molar-refractivity contribution is -0.151. The number of methoxy groups -OCH3 is 1. The van der Waals surface area contributed by atoms with Gasteiger partial charge in [0.25, 0.3) is 0 Å². The van der Waals surface area contributed by atoms with Crippen molar-refractivity contribution < 1.29 is 9.53 Å². The second-order valence-electron chi connectivity index (χ2n) is 6.02. The van der Waals surface area contributed by atoms with Crippen molar-refractivity contribution in [1.29, 1.82) is 0 Å². The highest BCUT2D eigenvalue weighted by Gasteiger charge is 2.39. The van der Waals surface area contributed by atoms with Gasteiger partial charge in [0.15, 0.2) is 0 Å². The molecule has 0 fully saturated rings. The molecule has 1 N–H and O–H groups in total. The zero-order chi connectivity index (χ0) is 16.2. The molecule has 0 aromatic heterocycles. The number of anilines is 1. The number of aryl methyl sites for hydroxylation is 1. The van der Waals surface area contributed by atoms with Crippen LogP contribution in [0.2, 0.25) is 0 Å². The lowest BCUT2D eigenvalue weighted by atomic mass is 9.80. The summed E-state index contributed by atoms with van der Waals surface area (Å²) in [4.78, 5) is 12.3. The maximum absolute atomic E-state index is 12.3. The number of hydrogen-bond acceptors (Lipinski definition) is 3. The smallest absolute Gasteiger partial charge is 0.313 e. The predicted molar refractivity (Wildman–Crippen MR) is 89.8 cm³/mol. The molecule has 2 rings (SSSR count). The van der Waals surface area contributed by atoms with Crippen LogP contribution in [0.1, 0.15) is 31.0 Å². The Bertz CT molecular complexity index is 635. The Balaban J connectivity index is 2.43. The summed E-state index contributed by atoms with van der Waals surface area (Å²) in [5.41, 5.74) is 2.52. The summed E-state index contributed by atoms with van der Waals surface area (Å²) in [7, 11) is 1.43. The normalized spacial score (nSPS) is 12.5. The molecule has 116 valence electrons. The second kappa shape index (κ2) is 6.65. The van der Waals surface area contributed by atoms with Crippen LogP contribution < -0.4 is 5.32 Å². The Morgan fingerprint density at radius 1 is 1.05 bits per heavy atom. The number of carbonyl (C=O) groups is 1. The number of rotatable bonds is 5. The SMILES string of the molecule is COC(=O)C(C)(C)C(Nc1ccccc1C)c1ccccc1. The van der Waals surface area contributed by atoms with Crippen LogP contribution in [-0.2, 0) is 9.53 Å². The average Bonchev–Trinajstić information content (AvgIpc) is 2.53. The molecule has 0 saturated heterocycles. The van der Waals surface area contributed by atoms with E-state index < -0.39 is 5.41 Å². The fourth-order valence-corrected chi connectivity index (χ4v) is 2.60. The monoisotopic (exact) mass is 297 g/mol. The topological polar surface area (TPSA) is 38.3 Å². The number of benzene rings is 2. The highest BCUT2D eigenvalue weighted by molar-refractivity contribution is 5.78. The lowest BCUT2D eigenvalue weighted by Gasteiger charge is -2.34. The maximum Gasteiger partial charge on any atom is 0.313 e. The van der Waals surface area contributed by atoms with E-state index in [1.54, 1.807) is 0 Å². The molecule has 0 radical (unpaired) electrons. The van der Waals surface area contributed by atoms with Gasteiger partial charge in [-0.2, -0.15) is 0 Å². The van der Waals surface area contributed by atoms with Gasteiger partial charge in [-0.05, 0) is 38.0 Å². The van der Waals surface area contributed by atoms with E-state index in [2.05, 4.69) is 18.3 Å². The van der Waals surface area contributed by atoms with E-state index in [0.717, 1.165) is 16.8 Å². The molecule has 22 heavy (non-hydrogen) atoms. The molecule has 0 aliphatic heterocycles. The van der Waals surface area contributed by atoms with E-state index in [0.29, 0.717) is 0 Å². The van der Waals surface area contributed by atoms with Crippen molar-refractivity contribution in [2.75, 3.05) is 12.4 Å². The minimum atomic E-state index is -0.696. The summed E-state index contributed by atoms with van der Waals surface area (Å²) < 4.78 is 5.01. The summed E-state index contributed by atoms with van der Waals surface area (Å²) in [5.74, 6) is -0.234. The maximum atomic E-state index is 12.3. The van der Waals surface area contributed by atoms with Crippen molar-refractivity contribution in [3.63, 3.8) is 0 Å². The number of hydrogen-bond donors (Lipinski definition) is 1. The first-order valence-electron chi connectivity index (χ1n) is 7.42. The van der Waals surface area contributed by atoms with Gasteiger partial charge in [-0.15, -0.1) is 0 Å². The number of para-hydroxylation sites is 1. The van der Waals surface area contributed by atoms with E-state index in [1.165, 1.54) is 7.11 Å². The molecular weight excluding hydrogens is 274 g/mol. The Morgan fingerprint density at radius 3 is 2.23 bits per heavy atom. The van der Waals surface area contributed by atoms with Gasteiger partial charge < -0.3 is 10.1 Å². The molecule has 0 bridgehead atoms. The fourth-order valence-electron chi connectivity index (χ4n) is 2.60. The molecule has 0 spiro atoms. The molecule has 2 aromatic carbocycles. The highest BCUT2D eigenvalue weighted by Crippen LogP contribution is 2.37. The van der Waals surface area contributed by atoms with Crippen LogP contribution in [0, 0.1) is 12.3 Å². The number of carbonyl (C=O) groups excluding carboxylic acids is 1. The summed E-state index contributed by atoms with van der Waals surface area (Å²) in [6.07, 6.45) is 0. The third-order valence-electron chi connectivity index (χ3n) is 4.01. The Labute approximate surface area is 132 Å². The van der Waals surface area contributed by atoms with Crippen molar-refractivity contribution in [2.45, 2.75) is 26.8 Å². The minimum Gasteiger partial charge on any atom is -0.469 e. The van der Waals surface area contributed by atoms with Crippen LogP contribution in [0.15, 0.2) is 54.6 Å². The zero-order valence-corrected chi connectivity index (χ0v) is 13.6. The molecule has 0 heterocycles. The summed E-state index contributed by atoms with van der Waals surface area (Å²) in [6.45, 7) is 5.86. The summed E-state index contributed by atoms with van der Waals surface area (Å²) >= 11 is 0. The van der Waals surface area contributed by atoms with Crippen molar-refractivity contribution in [3.05, 3.63) is 65.7 Å². The van der Waals surface area contributed by atoms with Gasteiger partial charge in [-0.25, -0.2) is 0 Å². The second-order valence-corrected chi connectivity index (χ2v) is 6.02. The fraction of sp³-hybridized carbons (Fsp3) is 0.316. The predicted octanol–water partition coefficient (Wildman–Crippen LogP) is 4.35. The largest absolute Gasteiger partial charge is 0.469 e. The Kier molecular flexibility index (Phi) is 4.86. The molecule has 0 aliphatic carbocycles. The van der Waals surface area contributed by atoms with Gasteiger partial charge in [-0.1, -0.05) is 48.5 Å². The molecule has 1 atom stereocenters. The molecular formula is C19H23NO2. The number of ether oxygens (including phenoxy) is 1. The Hall–Kier alpha value is -2.29. The van der Waals surface area contributed by atoms with Gasteiger partial charge in [0.2, 0.25) is 0 Å². The molecule has 0 aliphatic rings. The van der Waals surface area contributed by atoms with Gasteiger partial charge in [0.1, 0.15) is 0 Å². The molecule has 0 amide bonds. The van der Waals surface area contributed by atoms with E-state index in [1.807, 2.05) is 62.4 Å². The minimum absolute atomic E-state index is 0.178. The number of esters is 1. The van der Waals surface area contributed by atoms with Gasteiger partial charge in [0, 0.05) is 5.69 Å². The molecule has 0 saturated carbocycles. The van der Waals surface area contributed by atoms with Gasteiger partial charge >= 0.3 is 5.97 Å². The first kappa shape index (κ1) is 16.1. The van der Waals surface area contributed by atoms with Crippen molar-refractivity contribution in [2.24, 2.45) is 5.41 Å². The zero-order valence-electron chi connectivity index (χ0n) is 13.6. The van der Waals surface area contributed by atoms with Crippen molar-refractivity contribution in [1.82, 2.24) is 0 Å². The third-order valence-corrected chi connectivity index (χ3v) is 4.01. The average molecular weight is 297 g/mol. The van der Waals surface area contributed by atoms with E-state index in [-0.39, 0.29) is 12.0 Å². The van der Waals surface area contributed by atoms with Crippen molar-refractivity contribution >= 4 is 11.7 Å². The summed E-state index contributed by atoms with van der Waals surface area (Å²) in [5, 5.41) is 3.52. The van der Waals surface area contributed by atoms with Gasteiger partial charge in [0.05, 0.1) is 18.6 Å². The third kappa shape index (κ3) is 3.30. The van der Waals surface area contributed by atoms with Crippen LogP contribution >= 0.6 is 0 Å². The van der Waals surface area contributed by atoms with Gasteiger partial charge in [-0.3, -0.25) is 4.79 Å². The van der Waals surface area contributed by atoms with Crippen LogP contribution in [0.4, 0.5) is 5.69 Å². The number of nitrogens with one attached hydrogen (secondary N) is 1. The Morgan fingerprint density at radius 2 is 1.64 bits per heavy atom. The van der Waals surface area contributed by atoms with Crippen molar-refractivity contribution in [3.8, 4) is 0 Å². The first-order valence-corrected chi connectivity index (χ1v) is 7.42. The highest BCUT2D eigenvalue weighted by atomic mass is 16.5. The standard InChI is InChI=1S/C19H23NO2/c1-14-10-8-9-13-16(14)20-17(15-11-6-5-7-12-15)19(2,3)18(21)22-4/h5-13,17,20H,1-4H3. The molecule has 3 nitrogen and oxygen atoms in total.